The molecule has 0 radical (unpaired) electrons. The summed E-state index contributed by atoms with van der Waals surface area (Å²) in [6.07, 6.45) is 0. The lowest BCUT2D eigenvalue weighted by molar-refractivity contribution is 0.102. The van der Waals surface area contributed by atoms with Gasteiger partial charge in [0.2, 0.25) is 11.6 Å². The topological polar surface area (TPSA) is 93.7 Å². The molecule has 7 heteroatoms. The predicted molar refractivity (Wildman–Crippen MR) is 103 cm³/mol. The molecule has 0 bridgehead atoms. The van der Waals surface area contributed by atoms with Crippen molar-refractivity contribution < 1.29 is 23.4 Å². The maximum absolute atomic E-state index is 12.7. The summed E-state index contributed by atoms with van der Waals surface area (Å²) in [4.78, 5) is 12.7. The van der Waals surface area contributed by atoms with Crippen molar-refractivity contribution in [3.05, 3.63) is 59.7 Å². The standard InChI is InChI=1S/C21H18N2O5/c1-25-17-9-14(10-18(26-2)19(17)27-3)20(24)23-21-15(12-22)11-16(28-21)13-7-5-4-6-8-13/h4-11H,1-3H3,(H,23,24). The van der Waals surface area contributed by atoms with Crippen LogP contribution < -0.4 is 19.5 Å². The Morgan fingerprint density at radius 2 is 1.64 bits per heavy atom. The number of nitrogens with zero attached hydrogens (tertiary/aromatic N) is 1. The van der Waals surface area contributed by atoms with E-state index in [2.05, 4.69) is 5.32 Å². The van der Waals surface area contributed by atoms with Gasteiger partial charge >= 0.3 is 0 Å². The number of ether oxygens (including phenoxy) is 3. The normalized spacial score (nSPS) is 10.1. The molecule has 1 N–H and O–H groups in total. The molecule has 7 nitrogen and oxygen atoms in total. The number of benzene rings is 2. The molecule has 0 aliphatic heterocycles. The summed E-state index contributed by atoms with van der Waals surface area (Å²) in [7, 11) is 4.41. The minimum atomic E-state index is -0.482. The Morgan fingerprint density at radius 1 is 1.00 bits per heavy atom. The predicted octanol–water partition coefficient (Wildman–Crippen LogP) is 4.10. The van der Waals surface area contributed by atoms with E-state index in [0.717, 1.165) is 5.56 Å². The Bertz CT molecular complexity index is 1010. The highest BCUT2D eigenvalue weighted by molar-refractivity contribution is 6.05. The highest BCUT2D eigenvalue weighted by Gasteiger charge is 2.20. The van der Waals surface area contributed by atoms with Crippen LogP contribution in [0.3, 0.4) is 0 Å². The molecule has 0 saturated carbocycles. The molecule has 2 aromatic carbocycles. The van der Waals surface area contributed by atoms with E-state index in [0.29, 0.717) is 23.0 Å². The Hall–Kier alpha value is -3.92. The van der Waals surface area contributed by atoms with Gasteiger partial charge in [0.15, 0.2) is 11.5 Å². The second kappa shape index (κ2) is 8.18. The summed E-state index contributed by atoms with van der Waals surface area (Å²) in [5.74, 6) is 1.14. The van der Waals surface area contributed by atoms with Crippen molar-refractivity contribution >= 4 is 11.8 Å². The number of methoxy groups -OCH3 is 3. The fourth-order valence-electron chi connectivity index (χ4n) is 2.70. The molecule has 0 aliphatic rings. The van der Waals surface area contributed by atoms with Crippen molar-refractivity contribution in [1.29, 1.82) is 5.26 Å². The lowest BCUT2D eigenvalue weighted by Gasteiger charge is -2.13. The average Bonchev–Trinajstić information content (AvgIpc) is 3.15. The summed E-state index contributed by atoms with van der Waals surface area (Å²) in [5.41, 5.74) is 1.28. The smallest absolute Gasteiger partial charge is 0.258 e. The molecule has 1 amide bonds. The molecule has 142 valence electrons. The molecule has 1 heterocycles. The van der Waals surface area contributed by atoms with Gasteiger partial charge in [0.1, 0.15) is 17.4 Å². The SMILES string of the molecule is COc1cc(C(=O)Nc2oc(-c3ccccc3)cc2C#N)cc(OC)c1OC. The molecule has 3 aromatic rings. The van der Waals surface area contributed by atoms with Gasteiger partial charge in [-0.2, -0.15) is 5.26 Å². The van der Waals surface area contributed by atoms with Gasteiger partial charge in [-0.05, 0) is 12.1 Å². The zero-order valence-corrected chi connectivity index (χ0v) is 15.6. The molecule has 0 aliphatic carbocycles. The third-order valence-corrected chi connectivity index (χ3v) is 4.06. The van der Waals surface area contributed by atoms with Crippen molar-refractivity contribution in [1.82, 2.24) is 0 Å². The summed E-state index contributed by atoms with van der Waals surface area (Å²) in [5, 5.41) is 12.0. The molecular formula is C21H18N2O5. The molecule has 0 spiro atoms. The van der Waals surface area contributed by atoms with Crippen molar-refractivity contribution in [3.63, 3.8) is 0 Å². The first-order chi connectivity index (χ1) is 13.6. The number of rotatable bonds is 6. The van der Waals surface area contributed by atoms with Crippen LogP contribution in [0.15, 0.2) is 52.9 Å². The van der Waals surface area contributed by atoms with Crippen LogP contribution in [0.25, 0.3) is 11.3 Å². The van der Waals surface area contributed by atoms with E-state index >= 15 is 0 Å². The Kier molecular flexibility index (Phi) is 5.51. The van der Waals surface area contributed by atoms with Crippen molar-refractivity contribution in [2.75, 3.05) is 26.6 Å². The number of hydrogen-bond acceptors (Lipinski definition) is 6. The molecule has 1 aromatic heterocycles. The van der Waals surface area contributed by atoms with Gasteiger partial charge in [-0.3, -0.25) is 10.1 Å². The number of nitrogens with one attached hydrogen (secondary N) is 1. The minimum Gasteiger partial charge on any atom is -0.493 e. The Morgan fingerprint density at radius 3 is 2.18 bits per heavy atom. The van der Waals surface area contributed by atoms with E-state index in [9.17, 15) is 10.1 Å². The van der Waals surface area contributed by atoms with E-state index in [1.807, 2.05) is 36.4 Å². The van der Waals surface area contributed by atoms with Crippen molar-refractivity contribution in [3.8, 4) is 34.6 Å². The van der Waals surface area contributed by atoms with Crippen molar-refractivity contribution in [2.24, 2.45) is 0 Å². The molecule has 0 saturated heterocycles. The summed E-state index contributed by atoms with van der Waals surface area (Å²) >= 11 is 0. The number of anilines is 1. The largest absolute Gasteiger partial charge is 0.493 e. The second-order valence-corrected chi connectivity index (χ2v) is 5.70. The summed E-state index contributed by atoms with van der Waals surface area (Å²) in [6, 6.07) is 15.9. The molecular weight excluding hydrogens is 360 g/mol. The highest BCUT2D eigenvalue weighted by Crippen LogP contribution is 2.38. The maximum Gasteiger partial charge on any atom is 0.258 e. The number of nitriles is 1. The Labute approximate surface area is 162 Å². The Balaban J connectivity index is 1.93. The maximum atomic E-state index is 12.7. The molecule has 0 fully saturated rings. The van der Waals surface area contributed by atoms with Crippen LogP contribution in [-0.2, 0) is 0 Å². The number of carbonyl (C=O) groups is 1. The van der Waals surface area contributed by atoms with Crippen LogP contribution in [0.1, 0.15) is 15.9 Å². The zero-order chi connectivity index (χ0) is 20.1. The zero-order valence-electron chi connectivity index (χ0n) is 15.6. The first-order valence-electron chi connectivity index (χ1n) is 8.32. The van der Waals surface area contributed by atoms with Crippen molar-refractivity contribution in [2.45, 2.75) is 0 Å². The number of carbonyl (C=O) groups excluding carboxylic acids is 1. The molecule has 3 rings (SSSR count). The van der Waals surface area contributed by atoms with Gasteiger partial charge in [0, 0.05) is 17.2 Å². The molecule has 0 unspecified atom stereocenters. The van der Waals surface area contributed by atoms with Crippen LogP contribution in [-0.4, -0.2) is 27.2 Å². The first kappa shape index (κ1) is 18.9. The minimum absolute atomic E-state index is 0.0695. The highest BCUT2D eigenvalue weighted by atomic mass is 16.5. The van der Waals surface area contributed by atoms with Gasteiger partial charge in [0.05, 0.1) is 21.3 Å². The van der Waals surface area contributed by atoms with Gasteiger partial charge in [-0.15, -0.1) is 0 Å². The van der Waals surface area contributed by atoms with E-state index in [-0.39, 0.29) is 17.0 Å². The monoisotopic (exact) mass is 378 g/mol. The van der Waals surface area contributed by atoms with E-state index < -0.39 is 5.91 Å². The van der Waals surface area contributed by atoms with Gasteiger partial charge in [-0.25, -0.2) is 0 Å². The van der Waals surface area contributed by atoms with E-state index in [4.69, 9.17) is 18.6 Å². The fourth-order valence-corrected chi connectivity index (χ4v) is 2.70. The van der Waals surface area contributed by atoms with E-state index in [1.165, 1.54) is 33.5 Å². The van der Waals surface area contributed by atoms with Gasteiger partial charge in [0.25, 0.3) is 5.91 Å². The number of amides is 1. The second-order valence-electron chi connectivity index (χ2n) is 5.70. The van der Waals surface area contributed by atoms with Crippen LogP contribution in [0.5, 0.6) is 17.2 Å². The van der Waals surface area contributed by atoms with Crippen LogP contribution in [0.2, 0.25) is 0 Å². The van der Waals surface area contributed by atoms with Gasteiger partial charge < -0.3 is 18.6 Å². The van der Waals surface area contributed by atoms with E-state index in [1.54, 1.807) is 6.07 Å². The molecule has 28 heavy (non-hydrogen) atoms. The van der Waals surface area contributed by atoms with Crippen LogP contribution >= 0.6 is 0 Å². The summed E-state index contributed by atoms with van der Waals surface area (Å²) < 4.78 is 21.5. The average molecular weight is 378 g/mol. The molecule has 0 atom stereocenters. The van der Waals surface area contributed by atoms with Crippen LogP contribution in [0, 0.1) is 11.3 Å². The third-order valence-electron chi connectivity index (χ3n) is 4.06. The third kappa shape index (κ3) is 3.62. The number of furan rings is 1. The van der Waals surface area contributed by atoms with Crippen LogP contribution in [0.4, 0.5) is 5.88 Å². The quantitative estimate of drug-likeness (QED) is 0.694. The first-order valence-corrected chi connectivity index (χ1v) is 8.32. The lowest BCUT2D eigenvalue weighted by atomic mass is 10.1. The fraction of sp³-hybridized carbons (Fsp3) is 0.143. The van der Waals surface area contributed by atoms with Gasteiger partial charge in [-0.1, -0.05) is 30.3 Å². The lowest BCUT2D eigenvalue weighted by Crippen LogP contribution is -2.13. The summed E-state index contributed by atoms with van der Waals surface area (Å²) in [6.45, 7) is 0. The number of hydrogen-bond donors (Lipinski definition) is 1.